The Morgan fingerprint density at radius 3 is 2.76 bits per heavy atom. The van der Waals surface area contributed by atoms with Gasteiger partial charge in [0.25, 0.3) is 11.6 Å². The molecule has 1 aromatic rings. The van der Waals surface area contributed by atoms with Gasteiger partial charge in [0.05, 0.1) is 17.1 Å². The van der Waals surface area contributed by atoms with Gasteiger partial charge < -0.3 is 5.73 Å². The third kappa shape index (κ3) is 2.91. The summed E-state index contributed by atoms with van der Waals surface area (Å²) >= 11 is 0. The molecule has 0 fully saturated rings. The number of nitro benzene ring substituents is 1. The van der Waals surface area contributed by atoms with Crippen LogP contribution in [0.5, 0.6) is 0 Å². The van der Waals surface area contributed by atoms with Gasteiger partial charge in [-0.15, -0.1) is 0 Å². The standard InChI is InChI=1S/C10H13N3O4/c1-3-17-12-10(14)7-4-6(2)5-8(9(7)11)13(15)16/h4-5H,3,11H2,1-2H3,(H,12,14). The van der Waals surface area contributed by atoms with Crippen molar-refractivity contribution in [3.05, 3.63) is 33.4 Å². The van der Waals surface area contributed by atoms with E-state index in [-0.39, 0.29) is 16.9 Å². The third-order valence-corrected chi connectivity index (χ3v) is 2.05. The van der Waals surface area contributed by atoms with Gasteiger partial charge in [-0.2, -0.15) is 0 Å². The lowest BCUT2D eigenvalue weighted by Crippen LogP contribution is -2.25. The van der Waals surface area contributed by atoms with Crippen molar-refractivity contribution in [2.75, 3.05) is 12.3 Å². The van der Waals surface area contributed by atoms with Crippen LogP contribution < -0.4 is 11.2 Å². The second-order valence-electron chi connectivity index (χ2n) is 3.37. The van der Waals surface area contributed by atoms with Crippen molar-refractivity contribution in [3.8, 4) is 0 Å². The number of nitrogens with one attached hydrogen (secondary N) is 1. The molecule has 0 unspecified atom stereocenters. The molecule has 0 aliphatic carbocycles. The number of aryl methyl sites for hydroxylation is 1. The molecule has 7 heteroatoms. The minimum atomic E-state index is -0.625. The van der Waals surface area contributed by atoms with Crippen LogP contribution in [-0.4, -0.2) is 17.4 Å². The summed E-state index contributed by atoms with van der Waals surface area (Å²) in [6.45, 7) is 3.63. The van der Waals surface area contributed by atoms with Crippen LogP contribution in [0.4, 0.5) is 11.4 Å². The Balaban J connectivity index is 3.15. The average molecular weight is 239 g/mol. The van der Waals surface area contributed by atoms with Crippen LogP contribution in [0.15, 0.2) is 12.1 Å². The zero-order valence-corrected chi connectivity index (χ0v) is 9.52. The molecule has 0 saturated heterocycles. The number of nitro groups is 1. The molecule has 0 radical (unpaired) electrons. The normalized spacial score (nSPS) is 10.0. The van der Waals surface area contributed by atoms with Crippen molar-refractivity contribution >= 4 is 17.3 Å². The molecule has 0 spiro atoms. The number of hydrogen-bond acceptors (Lipinski definition) is 5. The molecule has 3 N–H and O–H groups in total. The fourth-order valence-corrected chi connectivity index (χ4v) is 1.31. The maximum atomic E-state index is 11.6. The average Bonchev–Trinajstić information content (AvgIpc) is 2.28. The molecule has 7 nitrogen and oxygen atoms in total. The minimum absolute atomic E-state index is 0.0325. The number of rotatable bonds is 4. The van der Waals surface area contributed by atoms with E-state index < -0.39 is 10.8 Å². The van der Waals surface area contributed by atoms with Gasteiger partial charge in [0.1, 0.15) is 5.69 Å². The van der Waals surface area contributed by atoms with E-state index in [9.17, 15) is 14.9 Å². The molecule has 0 heterocycles. The highest BCUT2D eigenvalue weighted by molar-refractivity contribution is 6.00. The van der Waals surface area contributed by atoms with Crippen molar-refractivity contribution in [3.63, 3.8) is 0 Å². The van der Waals surface area contributed by atoms with E-state index >= 15 is 0 Å². The van der Waals surface area contributed by atoms with E-state index in [2.05, 4.69) is 5.48 Å². The van der Waals surface area contributed by atoms with Gasteiger partial charge in [-0.25, -0.2) is 5.48 Å². The zero-order valence-electron chi connectivity index (χ0n) is 9.52. The zero-order chi connectivity index (χ0) is 13.0. The number of nitrogens with two attached hydrogens (primary N) is 1. The number of amides is 1. The van der Waals surface area contributed by atoms with Gasteiger partial charge >= 0.3 is 0 Å². The molecule has 1 amide bonds. The number of carbonyl (C=O) groups is 1. The van der Waals surface area contributed by atoms with E-state index in [0.717, 1.165) is 0 Å². The Morgan fingerprint density at radius 1 is 1.59 bits per heavy atom. The Hall–Kier alpha value is -2.15. The van der Waals surface area contributed by atoms with Gasteiger partial charge in [-0.3, -0.25) is 19.7 Å². The van der Waals surface area contributed by atoms with Crippen LogP contribution in [0.1, 0.15) is 22.8 Å². The molecule has 1 rings (SSSR count). The maximum absolute atomic E-state index is 11.6. The Kier molecular flexibility index (Phi) is 4.00. The van der Waals surface area contributed by atoms with E-state index in [0.29, 0.717) is 12.2 Å². The molecule has 1 aromatic carbocycles. The monoisotopic (exact) mass is 239 g/mol. The number of nitrogen functional groups attached to an aromatic ring is 1. The van der Waals surface area contributed by atoms with Crippen molar-refractivity contribution in [2.24, 2.45) is 0 Å². The molecule has 17 heavy (non-hydrogen) atoms. The summed E-state index contributed by atoms with van der Waals surface area (Å²) in [4.78, 5) is 26.4. The van der Waals surface area contributed by atoms with Gasteiger partial charge in [-0.05, 0) is 25.5 Å². The number of nitrogens with zero attached hydrogens (tertiary/aromatic N) is 1. The topological polar surface area (TPSA) is 107 Å². The number of hydrogen-bond donors (Lipinski definition) is 2. The van der Waals surface area contributed by atoms with Crippen molar-refractivity contribution < 1.29 is 14.6 Å². The number of anilines is 1. The number of carbonyl (C=O) groups excluding carboxylic acids is 1. The van der Waals surface area contributed by atoms with Crippen LogP contribution >= 0.6 is 0 Å². The summed E-state index contributed by atoms with van der Waals surface area (Å²) in [5, 5.41) is 10.7. The number of benzene rings is 1. The molecule has 0 aromatic heterocycles. The van der Waals surface area contributed by atoms with E-state index in [1.807, 2.05) is 0 Å². The van der Waals surface area contributed by atoms with Gasteiger partial charge in [-0.1, -0.05) is 0 Å². The first kappa shape index (κ1) is 12.9. The Labute approximate surface area is 97.7 Å². The summed E-state index contributed by atoms with van der Waals surface area (Å²) in [5.41, 5.74) is 7.86. The van der Waals surface area contributed by atoms with E-state index in [1.54, 1.807) is 13.8 Å². The highest BCUT2D eigenvalue weighted by atomic mass is 16.6. The van der Waals surface area contributed by atoms with E-state index in [1.165, 1.54) is 12.1 Å². The lowest BCUT2D eigenvalue weighted by atomic mass is 10.1. The fourth-order valence-electron chi connectivity index (χ4n) is 1.31. The van der Waals surface area contributed by atoms with Crippen molar-refractivity contribution in [2.45, 2.75) is 13.8 Å². The van der Waals surface area contributed by atoms with Crippen LogP contribution in [0.3, 0.4) is 0 Å². The summed E-state index contributed by atoms with van der Waals surface area (Å²) in [6, 6.07) is 2.78. The molecule has 0 saturated carbocycles. The molecule has 0 aliphatic rings. The molecule has 0 bridgehead atoms. The first-order valence-corrected chi connectivity index (χ1v) is 4.94. The van der Waals surface area contributed by atoms with Crippen LogP contribution in [0.25, 0.3) is 0 Å². The van der Waals surface area contributed by atoms with Crippen LogP contribution in [0, 0.1) is 17.0 Å². The second-order valence-corrected chi connectivity index (χ2v) is 3.37. The van der Waals surface area contributed by atoms with Gasteiger partial charge in [0, 0.05) is 6.07 Å². The summed E-state index contributed by atoms with van der Waals surface area (Å²) in [5.74, 6) is -0.601. The van der Waals surface area contributed by atoms with Crippen LogP contribution in [0.2, 0.25) is 0 Å². The van der Waals surface area contributed by atoms with Crippen molar-refractivity contribution in [1.82, 2.24) is 5.48 Å². The maximum Gasteiger partial charge on any atom is 0.293 e. The second kappa shape index (κ2) is 5.26. The third-order valence-electron chi connectivity index (χ3n) is 2.05. The molecule has 92 valence electrons. The highest BCUT2D eigenvalue weighted by Gasteiger charge is 2.20. The predicted molar refractivity (Wildman–Crippen MR) is 61.3 cm³/mol. The lowest BCUT2D eigenvalue weighted by Gasteiger charge is -2.08. The first-order chi connectivity index (χ1) is 7.97. The quantitative estimate of drug-likeness (QED) is 0.465. The Bertz CT molecular complexity index is 459. The van der Waals surface area contributed by atoms with E-state index in [4.69, 9.17) is 10.6 Å². The SMILES string of the molecule is CCONC(=O)c1cc(C)cc([N+](=O)[O-])c1N. The number of hydroxylamine groups is 1. The molecular formula is C10H13N3O4. The lowest BCUT2D eigenvalue weighted by molar-refractivity contribution is -0.384. The predicted octanol–water partition coefficient (Wildman–Crippen LogP) is 1.17. The molecule has 0 atom stereocenters. The fraction of sp³-hybridized carbons (Fsp3) is 0.300. The summed E-state index contributed by atoms with van der Waals surface area (Å²) in [7, 11) is 0. The van der Waals surface area contributed by atoms with Crippen molar-refractivity contribution in [1.29, 1.82) is 0 Å². The van der Waals surface area contributed by atoms with Gasteiger partial charge in [0.15, 0.2) is 0 Å². The Morgan fingerprint density at radius 2 is 2.24 bits per heavy atom. The van der Waals surface area contributed by atoms with Gasteiger partial charge in [0.2, 0.25) is 0 Å². The largest absolute Gasteiger partial charge is 0.393 e. The summed E-state index contributed by atoms with van der Waals surface area (Å²) < 4.78 is 0. The van der Waals surface area contributed by atoms with Crippen LogP contribution in [-0.2, 0) is 4.84 Å². The molecule has 0 aliphatic heterocycles. The summed E-state index contributed by atoms with van der Waals surface area (Å²) in [6.07, 6.45) is 0. The highest BCUT2D eigenvalue weighted by Crippen LogP contribution is 2.26. The first-order valence-electron chi connectivity index (χ1n) is 4.94. The smallest absolute Gasteiger partial charge is 0.293 e. The minimum Gasteiger partial charge on any atom is -0.393 e. The molecular weight excluding hydrogens is 226 g/mol.